The molecular weight excluding hydrogens is 306 g/mol. The van der Waals surface area contributed by atoms with Gasteiger partial charge in [0.25, 0.3) is 0 Å². The zero-order valence-corrected chi connectivity index (χ0v) is 14.7. The maximum Gasteiger partial charge on any atom is 0.311 e. The molecule has 3 N–H and O–H groups in total. The molecule has 1 rings (SSSR count). The Kier molecular flexibility index (Phi) is 9.64. The first-order valence-corrected chi connectivity index (χ1v) is 7.69. The summed E-state index contributed by atoms with van der Waals surface area (Å²) in [5, 5.41) is 2.86. The molecule has 0 aromatic carbocycles. The Morgan fingerprint density at radius 1 is 1.41 bits per heavy atom. The Morgan fingerprint density at radius 3 is 2.68 bits per heavy atom. The van der Waals surface area contributed by atoms with E-state index in [4.69, 9.17) is 10.5 Å². The average Bonchev–Trinajstić information content (AvgIpc) is 2.50. The summed E-state index contributed by atoms with van der Waals surface area (Å²) < 4.78 is 4.83. The number of halogens is 1. The number of hydrogen-bond acceptors (Lipinski definition) is 5. The van der Waals surface area contributed by atoms with Crippen LogP contribution < -0.4 is 11.1 Å². The molecule has 1 heterocycles. The quantitative estimate of drug-likeness (QED) is 0.672. The fraction of sp³-hybridized carbons (Fsp3) is 0.867. The van der Waals surface area contributed by atoms with Crippen molar-refractivity contribution in [2.24, 2.45) is 17.1 Å². The van der Waals surface area contributed by atoms with Crippen LogP contribution in [-0.4, -0.2) is 56.6 Å². The third-order valence-electron chi connectivity index (χ3n) is 4.11. The van der Waals surface area contributed by atoms with Crippen LogP contribution in [0.25, 0.3) is 0 Å². The standard InChI is InChI=1S/C15H29N3O3.ClH/c1-15(2,14(20)21-3)6-10-18-9-4-5-12(11-18)13(19)17-8-7-16;/h12H,4-11,16H2,1-3H3,(H,17,19);1H. The first-order chi connectivity index (χ1) is 9.90. The average molecular weight is 336 g/mol. The number of esters is 1. The highest BCUT2D eigenvalue weighted by Gasteiger charge is 2.31. The molecule has 0 spiro atoms. The van der Waals surface area contributed by atoms with Crippen molar-refractivity contribution >= 4 is 24.3 Å². The van der Waals surface area contributed by atoms with Gasteiger partial charge in [-0.05, 0) is 46.2 Å². The van der Waals surface area contributed by atoms with E-state index in [-0.39, 0.29) is 30.2 Å². The molecule has 130 valence electrons. The minimum absolute atomic E-state index is 0. The van der Waals surface area contributed by atoms with Gasteiger partial charge >= 0.3 is 5.97 Å². The first-order valence-electron chi connectivity index (χ1n) is 7.69. The van der Waals surface area contributed by atoms with Crippen LogP contribution in [0.1, 0.15) is 33.1 Å². The van der Waals surface area contributed by atoms with Crippen LogP contribution in [0.15, 0.2) is 0 Å². The maximum atomic E-state index is 12.0. The smallest absolute Gasteiger partial charge is 0.311 e. The van der Waals surface area contributed by atoms with Crippen molar-refractivity contribution in [1.82, 2.24) is 10.2 Å². The number of carbonyl (C=O) groups is 2. The van der Waals surface area contributed by atoms with E-state index in [0.29, 0.717) is 13.1 Å². The van der Waals surface area contributed by atoms with Crippen LogP contribution in [0.3, 0.4) is 0 Å². The molecule has 1 fully saturated rings. The summed E-state index contributed by atoms with van der Waals surface area (Å²) in [6.45, 7) is 7.34. The molecule has 1 aliphatic rings. The summed E-state index contributed by atoms with van der Waals surface area (Å²) in [7, 11) is 1.42. The molecule has 0 aliphatic carbocycles. The summed E-state index contributed by atoms with van der Waals surface area (Å²) in [5.74, 6) is -0.0549. The molecule has 6 nitrogen and oxygen atoms in total. The molecule has 1 atom stereocenters. The Bertz CT molecular complexity index is 364. The van der Waals surface area contributed by atoms with Gasteiger partial charge in [-0.2, -0.15) is 0 Å². The SMILES string of the molecule is COC(=O)C(C)(C)CCN1CCCC(C(=O)NCCN)C1.Cl. The van der Waals surface area contributed by atoms with Gasteiger partial charge in [-0.15, -0.1) is 12.4 Å². The molecule has 0 saturated carbocycles. The molecular formula is C15H30ClN3O3. The molecule has 22 heavy (non-hydrogen) atoms. The van der Waals surface area contributed by atoms with Gasteiger partial charge in [0.15, 0.2) is 0 Å². The topological polar surface area (TPSA) is 84.7 Å². The fourth-order valence-corrected chi connectivity index (χ4v) is 2.63. The molecule has 1 amide bonds. The fourth-order valence-electron chi connectivity index (χ4n) is 2.63. The number of ether oxygens (including phenoxy) is 1. The van der Waals surface area contributed by atoms with Crippen LogP contribution in [0.5, 0.6) is 0 Å². The first kappa shape index (κ1) is 21.1. The van der Waals surface area contributed by atoms with E-state index in [1.165, 1.54) is 7.11 Å². The zero-order valence-electron chi connectivity index (χ0n) is 13.9. The number of piperidine rings is 1. The number of likely N-dealkylation sites (tertiary alicyclic amines) is 1. The van der Waals surface area contributed by atoms with E-state index >= 15 is 0 Å². The van der Waals surface area contributed by atoms with E-state index < -0.39 is 5.41 Å². The molecule has 0 aromatic heterocycles. The molecule has 1 aliphatic heterocycles. The van der Waals surface area contributed by atoms with Crippen LogP contribution in [-0.2, 0) is 14.3 Å². The molecule has 0 radical (unpaired) electrons. The van der Waals surface area contributed by atoms with Crippen molar-refractivity contribution < 1.29 is 14.3 Å². The number of rotatable bonds is 7. The number of amides is 1. The lowest BCUT2D eigenvalue weighted by Gasteiger charge is -2.33. The number of hydrogen-bond donors (Lipinski definition) is 2. The summed E-state index contributed by atoms with van der Waals surface area (Å²) in [5.41, 5.74) is 4.92. The molecule has 0 bridgehead atoms. The number of nitrogens with two attached hydrogens (primary N) is 1. The minimum atomic E-state index is -0.483. The van der Waals surface area contributed by atoms with Crippen molar-refractivity contribution in [1.29, 1.82) is 0 Å². The normalized spacial score (nSPS) is 19.2. The van der Waals surface area contributed by atoms with Crippen molar-refractivity contribution in [3.05, 3.63) is 0 Å². The van der Waals surface area contributed by atoms with Crippen LogP contribution in [0.4, 0.5) is 0 Å². The highest BCUT2D eigenvalue weighted by Crippen LogP contribution is 2.24. The van der Waals surface area contributed by atoms with Crippen LogP contribution >= 0.6 is 12.4 Å². The lowest BCUT2D eigenvalue weighted by Crippen LogP contribution is -2.45. The molecule has 1 saturated heterocycles. The number of methoxy groups -OCH3 is 1. The Balaban J connectivity index is 0.00000441. The number of nitrogens with one attached hydrogen (secondary N) is 1. The Hall–Kier alpha value is -0.850. The van der Waals surface area contributed by atoms with Gasteiger partial charge in [0.1, 0.15) is 0 Å². The molecule has 0 aromatic rings. The van der Waals surface area contributed by atoms with E-state index in [0.717, 1.165) is 38.9 Å². The van der Waals surface area contributed by atoms with Gasteiger partial charge in [0, 0.05) is 19.6 Å². The third kappa shape index (κ3) is 6.50. The second-order valence-corrected chi connectivity index (χ2v) is 6.34. The Labute approximate surface area is 139 Å². The van der Waals surface area contributed by atoms with Gasteiger partial charge in [-0.3, -0.25) is 9.59 Å². The Morgan fingerprint density at radius 2 is 2.09 bits per heavy atom. The van der Waals surface area contributed by atoms with Crippen LogP contribution in [0.2, 0.25) is 0 Å². The summed E-state index contributed by atoms with van der Waals surface area (Å²) in [6.07, 6.45) is 2.67. The third-order valence-corrected chi connectivity index (χ3v) is 4.11. The molecule has 7 heteroatoms. The van der Waals surface area contributed by atoms with Crippen molar-refractivity contribution in [2.45, 2.75) is 33.1 Å². The second kappa shape index (κ2) is 10.0. The lowest BCUT2D eigenvalue weighted by molar-refractivity contribution is -0.151. The highest BCUT2D eigenvalue weighted by molar-refractivity contribution is 5.85. The van der Waals surface area contributed by atoms with E-state index in [1.54, 1.807) is 0 Å². The van der Waals surface area contributed by atoms with E-state index in [2.05, 4.69) is 10.2 Å². The predicted octanol–water partition coefficient (Wildman–Crippen LogP) is 0.784. The van der Waals surface area contributed by atoms with Crippen molar-refractivity contribution in [2.75, 3.05) is 39.8 Å². The van der Waals surface area contributed by atoms with E-state index in [1.807, 2.05) is 13.8 Å². The number of nitrogens with zero attached hydrogens (tertiary/aromatic N) is 1. The molecule has 1 unspecified atom stereocenters. The van der Waals surface area contributed by atoms with E-state index in [9.17, 15) is 9.59 Å². The van der Waals surface area contributed by atoms with Gasteiger partial charge in [0.2, 0.25) is 5.91 Å². The lowest BCUT2D eigenvalue weighted by atomic mass is 9.88. The predicted molar refractivity (Wildman–Crippen MR) is 88.9 cm³/mol. The maximum absolute atomic E-state index is 12.0. The summed E-state index contributed by atoms with van der Waals surface area (Å²) >= 11 is 0. The number of carbonyl (C=O) groups excluding carboxylic acids is 2. The van der Waals surface area contributed by atoms with Gasteiger partial charge in [-0.1, -0.05) is 0 Å². The second-order valence-electron chi connectivity index (χ2n) is 6.34. The van der Waals surface area contributed by atoms with Gasteiger partial charge < -0.3 is 20.7 Å². The van der Waals surface area contributed by atoms with Gasteiger partial charge in [0.05, 0.1) is 18.4 Å². The summed E-state index contributed by atoms with van der Waals surface area (Å²) in [4.78, 5) is 25.9. The van der Waals surface area contributed by atoms with Crippen molar-refractivity contribution in [3.8, 4) is 0 Å². The minimum Gasteiger partial charge on any atom is -0.469 e. The zero-order chi connectivity index (χ0) is 15.9. The van der Waals surface area contributed by atoms with Crippen LogP contribution in [0, 0.1) is 11.3 Å². The monoisotopic (exact) mass is 335 g/mol. The summed E-state index contributed by atoms with van der Waals surface area (Å²) in [6, 6.07) is 0. The largest absolute Gasteiger partial charge is 0.469 e. The highest BCUT2D eigenvalue weighted by atomic mass is 35.5. The van der Waals surface area contributed by atoms with Gasteiger partial charge in [-0.25, -0.2) is 0 Å². The van der Waals surface area contributed by atoms with Crippen molar-refractivity contribution in [3.63, 3.8) is 0 Å².